The van der Waals surface area contributed by atoms with Crippen molar-refractivity contribution in [2.24, 2.45) is 0 Å². The molecule has 0 saturated carbocycles. The summed E-state index contributed by atoms with van der Waals surface area (Å²) >= 11 is 0. The second kappa shape index (κ2) is 3.74. The third-order valence-corrected chi connectivity index (χ3v) is 2.46. The zero-order chi connectivity index (χ0) is 10.8. The summed E-state index contributed by atoms with van der Waals surface area (Å²) in [5, 5.41) is 0. The topological polar surface area (TPSA) is 25.8 Å². The summed E-state index contributed by atoms with van der Waals surface area (Å²) in [6, 6.07) is 18.7. The van der Waals surface area contributed by atoms with Crippen molar-refractivity contribution >= 4 is 11.0 Å². The molecular weight excluding hydrogens is 196 g/mol. The number of aromatic nitrogens is 2. The maximum atomic E-state index is 4.56. The van der Waals surface area contributed by atoms with E-state index in [1.165, 1.54) is 0 Å². The number of rotatable bonds is 1. The van der Waals surface area contributed by atoms with Crippen LogP contribution in [0, 0.1) is 6.07 Å². The highest BCUT2D eigenvalue weighted by atomic mass is 14.8. The normalized spacial score (nSPS) is 10.5. The van der Waals surface area contributed by atoms with Gasteiger partial charge in [-0.05, 0) is 18.2 Å². The first-order chi connectivity index (χ1) is 7.93. The highest BCUT2D eigenvalue weighted by Gasteiger charge is 2.00. The first-order valence-corrected chi connectivity index (χ1v) is 5.12. The fourth-order valence-corrected chi connectivity index (χ4v) is 1.65. The first kappa shape index (κ1) is 9.04. The third kappa shape index (κ3) is 1.54. The molecule has 0 unspecified atom stereocenters. The molecule has 0 aliphatic carbocycles. The highest BCUT2D eigenvalue weighted by molar-refractivity contribution is 5.76. The van der Waals surface area contributed by atoms with Crippen LogP contribution in [0.15, 0.2) is 54.7 Å². The molecular formula is C14H9N2. The predicted molar refractivity (Wildman–Crippen MR) is 63.8 cm³/mol. The molecule has 1 heterocycles. The molecule has 2 nitrogen and oxygen atoms in total. The van der Waals surface area contributed by atoms with Gasteiger partial charge in [0.25, 0.3) is 0 Å². The van der Waals surface area contributed by atoms with Crippen molar-refractivity contribution in [2.45, 2.75) is 0 Å². The van der Waals surface area contributed by atoms with E-state index in [9.17, 15) is 0 Å². The molecule has 16 heavy (non-hydrogen) atoms. The van der Waals surface area contributed by atoms with Crippen molar-refractivity contribution in [1.29, 1.82) is 0 Å². The van der Waals surface area contributed by atoms with Crippen molar-refractivity contribution in [2.75, 3.05) is 0 Å². The van der Waals surface area contributed by atoms with Crippen LogP contribution in [-0.4, -0.2) is 9.97 Å². The van der Waals surface area contributed by atoms with Crippen LogP contribution in [0.3, 0.4) is 0 Å². The van der Waals surface area contributed by atoms with Gasteiger partial charge in [-0.15, -0.1) is 0 Å². The zero-order valence-corrected chi connectivity index (χ0v) is 8.59. The Labute approximate surface area is 93.6 Å². The Balaban J connectivity index is 2.19. The van der Waals surface area contributed by atoms with Gasteiger partial charge in [-0.1, -0.05) is 36.4 Å². The van der Waals surface area contributed by atoms with Gasteiger partial charge in [-0.2, -0.15) is 0 Å². The number of nitrogens with zero attached hydrogens (tertiary/aromatic N) is 2. The fraction of sp³-hybridized carbons (Fsp3) is 0. The average Bonchev–Trinajstić information content (AvgIpc) is 2.39. The summed E-state index contributed by atoms with van der Waals surface area (Å²) in [6.45, 7) is 0. The Morgan fingerprint density at radius 2 is 1.81 bits per heavy atom. The molecule has 1 radical (unpaired) electrons. The first-order valence-electron chi connectivity index (χ1n) is 5.12. The van der Waals surface area contributed by atoms with Crippen LogP contribution in [-0.2, 0) is 0 Å². The molecule has 2 heteroatoms. The van der Waals surface area contributed by atoms with Gasteiger partial charge in [0.2, 0.25) is 0 Å². The monoisotopic (exact) mass is 205 g/mol. The summed E-state index contributed by atoms with van der Waals surface area (Å²) in [6.07, 6.45) is 1.80. The van der Waals surface area contributed by atoms with E-state index in [1.807, 2.05) is 48.5 Å². The van der Waals surface area contributed by atoms with E-state index >= 15 is 0 Å². The van der Waals surface area contributed by atoms with Gasteiger partial charge in [0.05, 0.1) is 22.9 Å². The second-order valence-corrected chi connectivity index (χ2v) is 3.54. The predicted octanol–water partition coefficient (Wildman–Crippen LogP) is 3.10. The third-order valence-electron chi connectivity index (χ3n) is 2.46. The number of benzene rings is 2. The maximum Gasteiger partial charge on any atom is 0.0894 e. The minimum absolute atomic E-state index is 0.877. The summed E-state index contributed by atoms with van der Waals surface area (Å²) in [5.74, 6) is 0. The minimum atomic E-state index is 0.877. The lowest BCUT2D eigenvalue weighted by Crippen LogP contribution is -1.87. The van der Waals surface area contributed by atoms with Crippen LogP contribution in [0.2, 0.25) is 0 Å². The maximum absolute atomic E-state index is 4.56. The van der Waals surface area contributed by atoms with Crippen molar-refractivity contribution in [1.82, 2.24) is 9.97 Å². The Morgan fingerprint density at radius 1 is 0.938 bits per heavy atom. The Morgan fingerprint density at radius 3 is 2.69 bits per heavy atom. The average molecular weight is 205 g/mol. The lowest BCUT2D eigenvalue weighted by molar-refractivity contribution is 1.29. The van der Waals surface area contributed by atoms with Crippen LogP contribution in [0.4, 0.5) is 0 Å². The molecule has 0 atom stereocenters. The van der Waals surface area contributed by atoms with Gasteiger partial charge >= 0.3 is 0 Å². The Kier molecular flexibility index (Phi) is 2.11. The minimum Gasteiger partial charge on any atom is -0.252 e. The lowest BCUT2D eigenvalue weighted by atomic mass is 10.1. The van der Waals surface area contributed by atoms with Gasteiger partial charge in [-0.3, -0.25) is 4.98 Å². The van der Waals surface area contributed by atoms with Gasteiger partial charge < -0.3 is 0 Å². The van der Waals surface area contributed by atoms with Crippen molar-refractivity contribution in [3.05, 3.63) is 60.8 Å². The molecule has 0 amide bonds. The molecule has 2 aromatic carbocycles. The molecule has 0 bridgehead atoms. The van der Waals surface area contributed by atoms with Gasteiger partial charge in [0.1, 0.15) is 0 Å². The summed E-state index contributed by atoms with van der Waals surface area (Å²) in [4.78, 5) is 8.93. The fourth-order valence-electron chi connectivity index (χ4n) is 1.65. The van der Waals surface area contributed by atoms with Crippen molar-refractivity contribution < 1.29 is 0 Å². The molecule has 0 spiro atoms. The van der Waals surface area contributed by atoms with Crippen LogP contribution in [0.25, 0.3) is 22.3 Å². The molecule has 3 rings (SSSR count). The number of fused-ring (bicyclic) bond motifs is 1. The Hall–Kier alpha value is -2.22. The zero-order valence-electron chi connectivity index (χ0n) is 8.59. The largest absolute Gasteiger partial charge is 0.252 e. The summed E-state index contributed by atoms with van der Waals surface area (Å²) < 4.78 is 0. The van der Waals surface area contributed by atoms with Crippen molar-refractivity contribution in [3.63, 3.8) is 0 Å². The smallest absolute Gasteiger partial charge is 0.0894 e. The number of hydrogen-bond acceptors (Lipinski definition) is 2. The van der Waals surface area contributed by atoms with E-state index in [1.54, 1.807) is 6.20 Å². The second-order valence-electron chi connectivity index (χ2n) is 3.54. The van der Waals surface area contributed by atoms with Crippen LogP contribution >= 0.6 is 0 Å². The molecule has 75 valence electrons. The molecule has 0 aliphatic rings. The van der Waals surface area contributed by atoms with Crippen LogP contribution < -0.4 is 0 Å². The van der Waals surface area contributed by atoms with E-state index in [4.69, 9.17) is 0 Å². The lowest BCUT2D eigenvalue weighted by Gasteiger charge is -2.01. The van der Waals surface area contributed by atoms with Gasteiger partial charge in [-0.25, -0.2) is 4.98 Å². The summed E-state index contributed by atoms with van der Waals surface area (Å²) in [5.41, 5.74) is 3.77. The SMILES string of the molecule is [c]1ccc2nc(-c3ccccc3)cnc2c1. The van der Waals surface area contributed by atoms with Gasteiger partial charge in [0.15, 0.2) is 0 Å². The van der Waals surface area contributed by atoms with E-state index in [2.05, 4.69) is 16.0 Å². The van der Waals surface area contributed by atoms with Gasteiger partial charge in [0, 0.05) is 5.56 Å². The molecule has 0 fully saturated rings. The Bertz CT molecular complexity index is 618. The van der Waals surface area contributed by atoms with Crippen molar-refractivity contribution in [3.8, 4) is 11.3 Å². The van der Waals surface area contributed by atoms with E-state index in [-0.39, 0.29) is 0 Å². The van der Waals surface area contributed by atoms with E-state index in [0.717, 1.165) is 22.3 Å². The molecule has 3 aromatic rings. The van der Waals surface area contributed by atoms with E-state index in [0.29, 0.717) is 0 Å². The quantitative estimate of drug-likeness (QED) is 0.610. The summed E-state index contributed by atoms with van der Waals surface area (Å²) in [7, 11) is 0. The molecule has 0 aliphatic heterocycles. The molecule has 0 N–H and O–H groups in total. The highest BCUT2D eigenvalue weighted by Crippen LogP contribution is 2.18. The van der Waals surface area contributed by atoms with E-state index < -0.39 is 0 Å². The van der Waals surface area contributed by atoms with Crippen LogP contribution in [0.1, 0.15) is 0 Å². The number of hydrogen-bond donors (Lipinski definition) is 0. The standard InChI is InChI=1S/C14H9N2/c1-2-6-11(7-3-1)14-10-15-12-8-4-5-9-13(12)16-14/h1-3,5-10H. The van der Waals surface area contributed by atoms with Crippen LogP contribution in [0.5, 0.6) is 0 Å². The molecule has 1 aromatic heterocycles. The molecule has 0 saturated heterocycles.